The number of halogens is 2. The van der Waals surface area contributed by atoms with Crippen molar-refractivity contribution in [2.45, 2.75) is 0 Å². The zero-order chi connectivity index (χ0) is 14.7. The normalized spacial score (nSPS) is 10.2. The van der Waals surface area contributed by atoms with Gasteiger partial charge in [-0.2, -0.15) is 0 Å². The van der Waals surface area contributed by atoms with Crippen molar-refractivity contribution in [1.82, 2.24) is 5.32 Å². The van der Waals surface area contributed by atoms with Gasteiger partial charge in [0.2, 0.25) is 0 Å². The van der Waals surface area contributed by atoms with E-state index >= 15 is 0 Å². The van der Waals surface area contributed by atoms with Crippen molar-refractivity contribution >= 4 is 34.6 Å². The Morgan fingerprint density at radius 1 is 1.25 bits per heavy atom. The molecule has 104 valence electrons. The molecule has 4 N–H and O–H groups in total. The summed E-state index contributed by atoms with van der Waals surface area (Å²) in [5, 5.41) is 5.37. The number of rotatable bonds is 3. The number of nitrogen functional groups attached to an aromatic ring is 1. The van der Waals surface area contributed by atoms with Crippen LogP contribution in [0.3, 0.4) is 0 Å². The lowest BCUT2D eigenvalue weighted by Gasteiger charge is -2.11. The molecule has 0 unspecified atom stereocenters. The number of hydrogen-bond donors (Lipinski definition) is 3. The van der Waals surface area contributed by atoms with Gasteiger partial charge in [-0.15, -0.1) is 0 Å². The maximum atomic E-state index is 13.8. The zero-order valence-electron chi connectivity index (χ0n) is 10.7. The third kappa shape index (κ3) is 2.83. The molecule has 20 heavy (non-hydrogen) atoms. The summed E-state index contributed by atoms with van der Waals surface area (Å²) < 4.78 is 13.8. The average molecular weight is 294 g/mol. The van der Waals surface area contributed by atoms with Gasteiger partial charge in [0.1, 0.15) is 0 Å². The minimum Gasteiger partial charge on any atom is -0.397 e. The van der Waals surface area contributed by atoms with Crippen LogP contribution in [0.4, 0.5) is 21.5 Å². The van der Waals surface area contributed by atoms with Gasteiger partial charge in [-0.25, -0.2) is 4.39 Å². The van der Waals surface area contributed by atoms with Crippen molar-refractivity contribution in [3.05, 3.63) is 52.8 Å². The molecule has 2 aromatic rings. The Bertz CT molecular complexity index is 661. The van der Waals surface area contributed by atoms with E-state index < -0.39 is 5.82 Å². The summed E-state index contributed by atoms with van der Waals surface area (Å²) in [7, 11) is 1.53. The van der Waals surface area contributed by atoms with Gasteiger partial charge in [-0.1, -0.05) is 17.7 Å². The van der Waals surface area contributed by atoms with E-state index in [1.165, 1.54) is 19.2 Å². The van der Waals surface area contributed by atoms with E-state index in [-0.39, 0.29) is 16.6 Å². The van der Waals surface area contributed by atoms with Crippen molar-refractivity contribution < 1.29 is 9.18 Å². The maximum absolute atomic E-state index is 13.8. The van der Waals surface area contributed by atoms with E-state index in [1.807, 2.05) is 0 Å². The molecule has 2 aromatic carbocycles. The van der Waals surface area contributed by atoms with E-state index in [9.17, 15) is 9.18 Å². The molecule has 0 saturated heterocycles. The Morgan fingerprint density at radius 2 is 2.00 bits per heavy atom. The Kier molecular flexibility index (Phi) is 4.10. The highest BCUT2D eigenvalue weighted by atomic mass is 35.5. The second kappa shape index (κ2) is 5.79. The fraction of sp³-hybridized carbons (Fsp3) is 0.0714. The van der Waals surface area contributed by atoms with Crippen LogP contribution in [-0.4, -0.2) is 13.0 Å². The molecule has 0 heterocycles. The van der Waals surface area contributed by atoms with Crippen LogP contribution in [0, 0.1) is 5.82 Å². The number of nitrogens with two attached hydrogens (primary N) is 1. The first-order chi connectivity index (χ1) is 9.52. The fourth-order valence-electron chi connectivity index (χ4n) is 1.71. The van der Waals surface area contributed by atoms with Crippen LogP contribution in [0.15, 0.2) is 36.4 Å². The van der Waals surface area contributed by atoms with Crippen molar-refractivity contribution in [3.8, 4) is 0 Å². The van der Waals surface area contributed by atoms with Crippen molar-refractivity contribution in [2.24, 2.45) is 0 Å². The SMILES string of the molecule is CNC(=O)c1ccc(Nc2cccc(Cl)c2F)c(N)c1. The standard InChI is InChI=1S/C14H13ClFN3O/c1-18-14(20)8-5-6-11(10(17)7-8)19-12-4-2-3-9(15)13(12)16/h2-7,19H,17H2,1H3,(H,18,20). The number of carbonyl (C=O) groups is 1. The molecular formula is C14H13ClFN3O. The average Bonchev–Trinajstić information content (AvgIpc) is 2.45. The maximum Gasteiger partial charge on any atom is 0.251 e. The van der Waals surface area contributed by atoms with Crippen LogP contribution in [0.5, 0.6) is 0 Å². The summed E-state index contributed by atoms with van der Waals surface area (Å²) in [6, 6.07) is 9.36. The molecule has 0 atom stereocenters. The second-order valence-electron chi connectivity index (χ2n) is 4.11. The quantitative estimate of drug-likeness (QED) is 0.762. The monoisotopic (exact) mass is 293 g/mol. The van der Waals surface area contributed by atoms with Crippen LogP contribution < -0.4 is 16.4 Å². The number of amides is 1. The number of nitrogens with one attached hydrogen (secondary N) is 2. The molecule has 0 fully saturated rings. The van der Waals surface area contributed by atoms with E-state index in [0.29, 0.717) is 16.9 Å². The van der Waals surface area contributed by atoms with E-state index in [1.54, 1.807) is 24.3 Å². The molecule has 4 nitrogen and oxygen atoms in total. The Balaban J connectivity index is 2.30. The highest BCUT2D eigenvalue weighted by Crippen LogP contribution is 2.28. The fourth-order valence-corrected chi connectivity index (χ4v) is 1.88. The van der Waals surface area contributed by atoms with Crippen LogP contribution in [-0.2, 0) is 0 Å². The lowest BCUT2D eigenvalue weighted by Crippen LogP contribution is -2.18. The summed E-state index contributed by atoms with van der Waals surface area (Å²) >= 11 is 5.71. The molecule has 0 saturated carbocycles. The minimum atomic E-state index is -0.552. The van der Waals surface area contributed by atoms with Crippen molar-refractivity contribution in [1.29, 1.82) is 0 Å². The van der Waals surface area contributed by atoms with Crippen LogP contribution in [0.2, 0.25) is 5.02 Å². The van der Waals surface area contributed by atoms with Gasteiger partial charge in [-0.3, -0.25) is 4.79 Å². The molecule has 0 spiro atoms. The summed E-state index contributed by atoms with van der Waals surface area (Å²) in [5.41, 5.74) is 7.34. The lowest BCUT2D eigenvalue weighted by atomic mass is 10.1. The van der Waals surface area contributed by atoms with E-state index in [0.717, 1.165) is 0 Å². The third-order valence-corrected chi connectivity index (χ3v) is 3.05. The zero-order valence-corrected chi connectivity index (χ0v) is 11.5. The number of carbonyl (C=O) groups excluding carboxylic acids is 1. The molecule has 1 amide bonds. The molecule has 0 radical (unpaired) electrons. The molecule has 0 aliphatic rings. The van der Waals surface area contributed by atoms with Crippen LogP contribution in [0.1, 0.15) is 10.4 Å². The number of hydrogen-bond acceptors (Lipinski definition) is 3. The molecule has 0 aliphatic carbocycles. The summed E-state index contributed by atoms with van der Waals surface area (Å²) in [4.78, 5) is 11.5. The summed E-state index contributed by atoms with van der Waals surface area (Å²) in [5.74, 6) is -0.791. The molecule has 0 aromatic heterocycles. The van der Waals surface area contributed by atoms with Gasteiger partial charge < -0.3 is 16.4 Å². The highest BCUT2D eigenvalue weighted by Gasteiger charge is 2.10. The van der Waals surface area contributed by atoms with Gasteiger partial charge in [-0.05, 0) is 30.3 Å². The number of anilines is 3. The first-order valence-corrected chi connectivity index (χ1v) is 6.23. The van der Waals surface area contributed by atoms with Gasteiger partial charge in [0, 0.05) is 12.6 Å². The summed E-state index contributed by atoms with van der Waals surface area (Å²) in [6.07, 6.45) is 0. The minimum absolute atomic E-state index is 0.0237. The molecule has 0 bridgehead atoms. The Labute approximate surface area is 120 Å². The topological polar surface area (TPSA) is 67.2 Å². The highest BCUT2D eigenvalue weighted by molar-refractivity contribution is 6.31. The van der Waals surface area contributed by atoms with E-state index in [4.69, 9.17) is 17.3 Å². The molecule has 2 rings (SSSR count). The first kappa shape index (κ1) is 14.1. The predicted octanol–water partition coefficient (Wildman–Crippen LogP) is 3.16. The molecular weight excluding hydrogens is 281 g/mol. The van der Waals surface area contributed by atoms with Crippen molar-refractivity contribution in [3.63, 3.8) is 0 Å². The third-order valence-electron chi connectivity index (χ3n) is 2.76. The lowest BCUT2D eigenvalue weighted by molar-refractivity contribution is 0.0963. The second-order valence-corrected chi connectivity index (χ2v) is 4.51. The van der Waals surface area contributed by atoms with E-state index in [2.05, 4.69) is 10.6 Å². The largest absolute Gasteiger partial charge is 0.397 e. The van der Waals surface area contributed by atoms with Gasteiger partial charge in [0.25, 0.3) is 5.91 Å². The van der Waals surface area contributed by atoms with Crippen LogP contribution in [0.25, 0.3) is 0 Å². The molecule has 6 heteroatoms. The van der Waals surface area contributed by atoms with Gasteiger partial charge in [0.05, 0.1) is 22.1 Å². The molecule has 0 aliphatic heterocycles. The van der Waals surface area contributed by atoms with Crippen molar-refractivity contribution in [2.75, 3.05) is 18.1 Å². The predicted molar refractivity (Wildman–Crippen MR) is 78.9 cm³/mol. The number of benzene rings is 2. The summed E-state index contributed by atoms with van der Waals surface area (Å²) in [6.45, 7) is 0. The van der Waals surface area contributed by atoms with Gasteiger partial charge >= 0.3 is 0 Å². The Morgan fingerprint density at radius 3 is 2.65 bits per heavy atom. The first-order valence-electron chi connectivity index (χ1n) is 5.85. The Hall–Kier alpha value is -2.27. The van der Waals surface area contributed by atoms with Crippen LogP contribution >= 0.6 is 11.6 Å². The van der Waals surface area contributed by atoms with Gasteiger partial charge in [0.15, 0.2) is 5.82 Å². The smallest absolute Gasteiger partial charge is 0.251 e.